The van der Waals surface area contributed by atoms with E-state index in [1.54, 1.807) is 0 Å². The van der Waals surface area contributed by atoms with Crippen LogP contribution >= 0.6 is 11.6 Å². The van der Waals surface area contributed by atoms with Crippen LogP contribution in [-0.2, 0) is 11.2 Å². The van der Waals surface area contributed by atoms with Crippen LogP contribution in [0.25, 0.3) is 0 Å². The topological polar surface area (TPSA) is 29.5 Å². The summed E-state index contributed by atoms with van der Waals surface area (Å²) in [6, 6.07) is 7.77. The van der Waals surface area contributed by atoms with E-state index in [4.69, 9.17) is 16.3 Å². The lowest BCUT2D eigenvalue weighted by Crippen LogP contribution is -2.33. The summed E-state index contributed by atoms with van der Waals surface area (Å²) in [5.41, 5.74) is 1.09. The lowest BCUT2D eigenvalue weighted by molar-refractivity contribution is -0.0350. The molecule has 0 aromatic heterocycles. The number of rotatable bonds is 2. The minimum Gasteiger partial charge on any atom is -0.393 e. The molecule has 1 aliphatic rings. The molecule has 2 atom stereocenters. The van der Waals surface area contributed by atoms with Crippen molar-refractivity contribution in [1.29, 1.82) is 0 Å². The van der Waals surface area contributed by atoms with Gasteiger partial charge in [-0.2, -0.15) is 0 Å². The monoisotopic (exact) mass is 226 g/mol. The van der Waals surface area contributed by atoms with Crippen molar-refractivity contribution in [3.05, 3.63) is 34.9 Å². The normalized spacial score (nSPS) is 26.5. The molecular formula is C12H15ClO2. The third-order valence-corrected chi connectivity index (χ3v) is 3.24. The Morgan fingerprint density at radius 2 is 2.20 bits per heavy atom. The predicted octanol–water partition coefficient (Wildman–Crippen LogP) is 2.28. The Morgan fingerprint density at radius 1 is 1.40 bits per heavy atom. The third kappa shape index (κ3) is 2.71. The van der Waals surface area contributed by atoms with E-state index in [1.807, 2.05) is 24.3 Å². The van der Waals surface area contributed by atoms with Crippen molar-refractivity contribution in [2.24, 2.45) is 5.92 Å². The molecule has 0 bridgehead atoms. The van der Waals surface area contributed by atoms with Gasteiger partial charge in [0.25, 0.3) is 0 Å². The lowest BCUT2D eigenvalue weighted by Gasteiger charge is -2.27. The summed E-state index contributed by atoms with van der Waals surface area (Å²) in [7, 11) is 0. The maximum atomic E-state index is 9.80. The number of aliphatic hydroxyl groups excluding tert-OH is 1. The van der Waals surface area contributed by atoms with E-state index in [0.29, 0.717) is 13.2 Å². The summed E-state index contributed by atoms with van der Waals surface area (Å²) in [4.78, 5) is 0. The molecule has 2 rings (SSSR count). The van der Waals surface area contributed by atoms with Crippen LogP contribution in [0.15, 0.2) is 24.3 Å². The number of halogens is 1. The average molecular weight is 227 g/mol. The molecule has 0 unspecified atom stereocenters. The summed E-state index contributed by atoms with van der Waals surface area (Å²) < 4.78 is 5.36. The smallest absolute Gasteiger partial charge is 0.0615 e. The fraction of sp³-hybridized carbons (Fsp3) is 0.500. The first kappa shape index (κ1) is 10.9. The molecule has 0 saturated carbocycles. The number of hydrogen-bond acceptors (Lipinski definition) is 2. The Kier molecular flexibility index (Phi) is 3.62. The van der Waals surface area contributed by atoms with Gasteiger partial charge in [0.05, 0.1) is 12.7 Å². The summed E-state index contributed by atoms with van der Waals surface area (Å²) in [5, 5.41) is 10.6. The second-order valence-electron chi connectivity index (χ2n) is 3.99. The molecule has 1 aromatic rings. The maximum Gasteiger partial charge on any atom is 0.0615 e. The summed E-state index contributed by atoms with van der Waals surface area (Å²) in [6.45, 7) is 1.30. The highest BCUT2D eigenvalue weighted by Gasteiger charge is 2.24. The number of hydrogen-bond donors (Lipinski definition) is 1. The van der Waals surface area contributed by atoms with Gasteiger partial charge in [0.1, 0.15) is 0 Å². The van der Waals surface area contributed by atoms with Gasteiger partial charge in [0.2, 0.25) is 0 Å². The van der Waals surface area contributed by atoms with E-state index in [1.165, 1.54) is 0 Å². The van der Waals surface area contributed by atoms with Crippen LogP contribution in [0, 0.1) is 5.92 Å². The van der Waals surface area contributed by atoms with Gasteiger partial charge in [-0.1, -0.05) is 29.8 Å². The molecule has 1 N–H and O–H groups in total. The van der Waals surface area contributed by atoms with Gasteiger partial charge in [-0.3, -0.25) is 0 Å². The van der Waals surface area contributed by atoms with Gasteiger partial charge in [0.15, 0.2) is 0 Å². The van der Waals surface area contributed by atoms with Crippen molar-refractivity contribution < 1.29 is 9.84 Å². The fourth-order valence-electron chi connectivity index (χ4n) is 1.93. The molecule has 0 spiro atoms. The van der Waals surface area contributed by atoms with E-state index >= 15 is 0 Å². The molecule has 0 aliphatic carbocycles. The second kappa shape index (κ2) is 4.97. The van der Waals surface area contributed by atoms with Crippen LogP contribution in [-0.4, -0.2) is 24.4 Å². The maximum absolute atomic E-state index is 9.80. The average Bonchev–Trinajstić information content (AvgIpc) is 2.24. The molecule has 1 saturated heterocycles. The Bertz CT molecular complexity index is 327. The largest absolute Gasteiger partial charge is 0.393 e. The van der Waals surface area contributed by atoms with Gasteiger partial charge in [-0.05, 0) is 24.5 Å². The Labute approximate surface area is 94.8 Å². The fourth-order valence-corrected chi connectivity index (χ4v) is 2.14. The van der Waals surface area contributed by atoms with E-state index in [2.05, 4.69) is 0 Å². The first-order valence-electron chi connectivity index (χ1n) is 5.26. The molecule has 82 valence electrons. The van der Waals surface area contributed by atoms with Gasteiger partial charge < -0.3 is 9.84 Å². The molecule has 2 nitrogen and oxygen atoms in total. The molecule has 1 aliphatic heterocycles. The first-order chi connectivity index (χ1) is 7.27. The summed E-state index contributed by atoms with van der Waals surface area (Å²) in [6.07, 6.45) is 1.27. The van der Waals surface area contributed by atoms with Crippen LogP contribution in [0.3, 0.4) is 0 Å². The highest BCUT2D eigenvalue weighted by molar-refractivity contribution is 6.31. The minimum absolute atomic E-state index is 0.179. The number of benzene rings is 1. The lowest BCUT2D eigenvalue weighted by atomic mass is 9.91. The first-order valence-corrected chi connectivity index (χ1v) is 5.64. The van der Waals surface area contributed by atoms with Crippen LogP contribution in [0.2, 0.25) is 5.02 Å². The molecule has 15 heavy (non-hydrogen) atoms. The van der Waals surface area contributed by atoms with Gasteiger partial charge in [0, 0.05) is 17.5 Å². The Morgan fingerprint density at radius 3 is 2.93 bits per heavy atom. The summed E-state index contributed by atoms with van der Waals surface area (Å²) in [5.74, 6) is 0.179. The van der Waals surface area contributed by atoms with Crippen molar-refractivity contribution in [3.63, 3.8) is 0 Å². The van der Waals surface area contributed by atoms with Gasteiger partial charge in [-0.25, -0.2) is 0 Å². The quantitative estimate of drug-likeness (QED) is 0.839. The van der Waals surface area contributed by atoms with Crippen molar-refractivity contribution in [2.75, 3.05) is 13.2 Å². The SMILES string of the molecule is O[C@@H]1CCOC[C@H]1Cc1ccccc1Cl. The highest BCUT2D eigenvalue weighted by atomic mass is 35.5. The van der Waals surface area contributed by atoms with Crippen LogP contribution in [0.4, 0.5) is 0 Å². The second-order valence-corrected chi connectivity index (χ2v) is 4.39. The van der Waals surface area contributed by atoms with Crippen LogP contribution < -0.4 is 0 Å². The molecule has 1 fully saturated rings. The van der Waals surface area contributed by atoms with Gasteiger partial charge in [-0.15, -0.1) is 0 Å². The molecule has 3 heteroatoms. The molecule has 0 radical (unpaired) electrons. The number of ether oxygens (including phenoxy) is 1. The third-order valence-electron chi connectivity index (χ3n) is 2.87. The zero-order chi connectivity index (χ0) is 10.7. The van der Waals surface area contributed by atoms with E-state index < -0.39 is 0 Å². The minimum atomic E-state index is -0.255. The molecule has 1 heterocycles. The Hall–Kier alpha value is -0.570. The highest BCUT2D eigenvalue weighted by Crippen LogP contribution is 2.23. The zero-order valence-electron chi connectivity index (χ0n) is 8.53. The van der Waals surface area contributed by atoms with E-state index in [-0.39, 0.29) is 12.0 Å². The Balaban J connectivity index is 2.04. The molecular weight excluding hydrogens is 212 g/mol. The van der Waals surface area contributed by atoms with E-state index in [0.717, 1.165) is 23.4 Å². The van der Waals surface area contributed by atoms with Crippen LogP contribution in [0.1, 0.15) is 12.0 Å². The summed E-state index contributed by atoms with van der Waals surface area (Å²) >= 11 is 6.07. The van der Waals surface area contributed by atoms with E-state index in [9.17, 15) is 5.11 Å². The molecule has 1 aromatic carbocycles. The van der Waals surface area contributed by atoms with Crippen molar-refractivity contribution >= 4 is 11.6 Å². The predicted molar refractivity (Wildman–Crippen MR) is 60.1 cm³/mol. The molecule has 0 amide bonds. The standard InChI is InChI=1S/C12H15ClO2/c13-11-4-2-1-3-9(11)7-10-8-15-6-5-12(10)14/h1-4,10,12,14H,5-8H2/t10-,12-/m1/s1. The zero-order valence-corrected chi connectivity index (χ0v) is 9.28. The van der Waals surface area contributed by atoms with Gasteiger partial charge >= 0.3 is 0 Å². The van der Waals surface area contributed by atoms with Crippen molar-refractivity contribution in [1.82, 2.24) is 0 Å². The van der Waals surface area contributed by atoms with Crippen LogP contribution in [0.5, 0.6) is 0 Å². The van der Waals surface area contributed by atoms with Crippen molar-refractivity contribution in [3.8, 4) is 0 Å². The number of aliphatic hydroxyl groups is 1. The van der Waals surface area contributed by atoms with Crippen molar-refractivity contribution in [2.45, 2.75) is 18.9 Å².